The van der Waals surface area contributed by atoms with Gasteiger partial charge in [0.25, 0.3) is 0 Å². The molecule has 0 atom stereocenters. The van der Waals surface area contributed by atoms with Gasteiger partial charge in [-0.1, -0.05) is 48.5 Å². The van der Waals surface area contributed by atoms with Crippen molar-refractivity contribution >= 4 is 17.7 Å². The predicted molar refractivity (Wildman–Crippen MR) is 115 cm³/mol. The maximum Gasteiger partial charge on any atom is 0.411 e. The van der Waals surface area contributed by atoms with Gasteiger partial charge in [-0.2, -0.15) is 0 Å². The lowest BCUT2D eigenvalue weighted by Crippen LogP contribution is -2.15. The van der Waals surface area contributed by atoms with Crippen LogP contribution in [0.2, 0.25) is 0 Å². The van der Waals surface area contributed by atoms with E-state index in [1.165, 1.54) is 0 Å². The summed E-state index contributed by atoms with van der Waals surface area (Å²) < 4.78 is 10.7. The zero-order valence-electron chi connectivity index (χ0n) is 16.6. The normalized spacial score (nSPS) is 10.3. The van der Waals surface area contributed by atoms with Gasteiger partial charge in [0, 0.05) is 12.1 Å². The molecule has 0 unspecified atom stereocenters. The summed E-state index contributed by atoms with van der Waals surface area (Å²) in [6.45, 7) is 0.192. The SMILES string of the molecule is COc1ccc(-c2cccc(CC(=O)O)c2)cc1CCOC(=O)Nc1ccccc1. The molecule has 6 nitrogen and oxygen atoms in total. The van der Waals surface area contributed by atoms with E-state index in [4.69, 9.17) is 14.6 Å². The number of carbonyl (C=O) groups is 2. The lowest BCUT2D eigenvalue weighted by atomic mass is 9.98. The van der Waals surface area contributed by atoms with Crippen LogP contribution in [0, 0.1) is 0 Å². The van der Waals surface area contributed by atoms with Gasteiger partial charge in [-0.3, -0.25) is 10.1 Å². The van der Waals surface area contributed by atoms with Crippen LogP contribution in [0.15, 0.2) is 72.8 Å². The molecule has 3 rings (SSSR count). The number of rotatable bonds is 8. The van der Waals surface area contributed by atoms with E-state index in [1.54, 1.807) is 25.3 Å². The Hall–Kier alpha value is -3.80. The molecular formula is C24H23NO5. The van der Waals surface area contributed by atoms with Crippen LogP contribution in [-0.4, -0.2) is 30.9 Å². The Balaban J connectivity index is 1.67. The molecule has 0 fully saturated rings. The maximum atomic E-state index is 12.0. The fourth-order valence-corrected chi connectivity index (χ4v) is 3.12. The monoisotopic (exact) mass is 405 g/mol. The first-order valence-electron chi connectivity index (χ1n) is 9.52. The first kappa shape index (κ1) is 20.9. The molecule has 0 saturated carbocycles. The molecule has 0 aliphatic carbocycles. The number of ether oxygens (including phenoxy) is 2. The second kappa shape index (κ2) is 10.1. The van der Waals surface area contributed by atoms with Crippen molar-refractivity contribution in [2.45, 2.75) is 12.8 Å². The Morgan fingerprint density at radius 2 is 1.70 bits per heavy atom. The Morgan fingerprint density at radius 3 is 2.43 bits per heavy atom. The predicted octanol–water partition coefficient (Wildman–Crippen LogP) is 4.78. The van der Waals surface area contributed by atoms with Crippen LogP contribution in [0.1, 0.15) is 11.1 Å². The van der Waals surface area contributed by atoms with Crippen LogP contribution in [0.3, 0.4) is 0 Å². The van der Waals surface area contributed by atoms with E-state index in [1.807, 2.05) is 54.6 Å². The summed E-state index contributed by atoms with van der Waals surface area (Å²) in [4.78, 5) is 22.9. The number of carboxylic acid groups (broad SMARTS) is 1. The van der Waals surface area contributed by atoms with Crippen molar-refractivity contribution in [3.8, 4) is 16.9 Å². The number of amides is 1. The molecular weight excluding hydrogens is 382 g/mol. The number of carboxylic acids is 1. The van der Waals surface area contributed by atoms with E-state index in [-0.39, 0.29) is 13.0 Å². The maximum absolute atomic E-state index is 12.0. The number of hydrogen-bond acceptors (Lipinski definition) is 4. The molecule has 3 aromatic carbocycles. The van der Waals surface area contributed by atoms with Crippen molar-refractivity contribution in [3.05, 3.63) is 83.9 Å². The number of aliphatic carboxylic acids is 1. The molecule has 2 N–H and O–H groups in total. The molecule has 0 aromatic heterocycles. The van der Waals surface area contributed by atoms with Crippen molar-refractivity contribution in [2.75, 3.05) is 19.0 Å². The van der Waals surface area contributed by atoms with Gasteiger partial charge < -0.3 is 14.6 Å². The molecule has 0 saturated heterocycles. The third-order valence-corrected chi connectivity index (χ3v) is 4.52. The van der Waals surface area contributed by atoms with Gasteiger partial charge in [-0.15, -0.1) is 0 Å². The highest BCUT2D eigenvalue weighted by Crippen LogP contribution is 2.28. The van der Waals surface area contributed by atoms with Crippen LogP contribution in [-0.2, 0) is 22.4 Å². The van der Waals surface area contributed by atoms with Gasteiger partial charge >= 0.3 is 12.1 Å². The summed E-state index contributed by atoms with van der Waals surface area (Å²) >= 11 is 0. The Kier molecular flexibility index (Phi) is 7.05. The summed E-state index contributed by atoms with van der Waals surface area (Å²) in [6.07, 6.45) is -0.0624. The van der Waals surface area contributed by atoms with Crippen molar-refractivity contribution in [1.82, 2.24) is 0 Å². The largest absolute Gasteiger partial charge is 0.496 e. The number of methoxy groups -OCH3 is 1. The highest BCUT2D eigenvalue weighted by atomic mass is 16.5. The molecule has 154 valence electrons. The minimum absolute atomic E-state index is 0.0266. The van der Waals surface area contributed by atoms with E-state index in [2.05, 4.69) is 5.32 Å². The Morgan fingerprint density at radius 1 is 0.933 bits per heavy atom. The van der Waals surface area contributed by atoms with E-state index < -0.39 is 12.1 Å². The van der Waals surface area contributed by atoms with E-state index in [0.29, 0.717) is 17.9 Å². The van der Waals surface area contributed by atoms with Crippen LogP contribution in [0.5, 0.6) is 5.75 Å². The molecule has 0 radical (unpaired) electrons. The van der Waals surface area contributed by atoms with Crippen LogP contribution >= 0.6 is 0 Å². The first-order chi connectivity index (χ1) is 14.5. The van der Waals surface area contributed by atoms with Crippen molar-refractivity contribution in [2.24, 2.45) is 0 Å². The highest BCUT2D eigenvalue weighted by Gasteiger charge is 2.10. The molecule has 3 aromatic rings. The van der Waals surface area contributed by atoms with E-state index in [0.717, 1.165) is 22.3 Å². The Labute approximate surface area is 175 Å². The highest BCUT2D eigenvalue weighted by molar-refractivity contribution is 5.84. The third-order valence-electron chi connectivity index (χ3n) is 4.52. The number of hydrogen-bond donors (Lipinski definition) is 2. The van der Waals surface area contributed by atoms with Crippen LogP contribution < -0.4 is 10.1 Å². The zero-order valence-corrected chi connectivity index (χ0v) is 16.6. The van der Waals surface area contributed by atoms with Gasteiger partial charge in [0.05, 0.1) is 20.1 Å². The number of nitrogens with one attached hydrogen (secondary N) is 1. The summed E-state index contributed by atoms with van der Waals surface area (Å²) in [5, 5.41) is 11.7. The standard InChI is InChI=1S/C24H23NO5/c1-29-22-11-10-19(18-7-5-6-17(14-18)15-23(26)27)16-20(22)12-13-30-24(28)25-21-8-3-2-4-9-21/h2-11,14,16H,12-13,15H2,1H3,(H,25,28)(H,26,27). The fraction of sp³-hybridized carbons (Fsp3) is 0.167. The lowest BCUT2D eigenvalue weighted by molar-refractivity contribution is -0.136. The number of para-hydroxylation sites is 1. The van der Waals surface area contributed by atoms with Gasteiger partial charge in [0.2, 0.25) is 0 Å². The van der Waals surface area contributed by atoms with Crippen LogP contribution in [0.4, 0.5) is 10.5 Å². The molecule has 0 heterocycles. The van der Waals surface area contributed by atoms with Crippen molar-refractivity contribution in [3.63, 3.8) is 0 Å². The zero-order chi connectivity index (χ0) is 21.3. The van der Waals surface area contributed by atoms with Gasteiger partial charge in [0.15, 0.2) is 0 Å². The molecule has 0 bridgehead atoms. The lowest BCUT2D eigenvalue weighted by Gasteiger charge is -2.12. The minimum atomic E-state index is -0.867. The Bertz CT molecular complexity index is 1020. The van der Waals surface area contributed by atoms with E-state index >= 15 is 0 Å². The molecule has 30 heavy (non-hydrogen) atoms. The molecule has 0 aliphatic rings. The average Bonchev–Trinajstić information content (AvgIpc) is 2.74. The second-order valence-electron chi connectivity index (χ2n) is 6.67. The van der Waals surface area contributed by atoms with Gasteiger partial charge in [-0.25, -0.2) is 4.79 Å². The molecule has 0 spiro atoms. The average molecular weight is 405 g/mol. The number of benzene rings is 3. The van der Waals surface area contributed by atoms with Crippen molar-refractivity contribution < 1.29 is 24.2 Å². The van der Waals surface area contributed by atoms with Gasteiger partial charge in [-0.05, 0) is 46.5 Å². The summed E-state index contributed by atoms with van der Waals surface area (Å²) in [7, 11) is 1.59. The summed E-state index contributed by atoms with van der Waals surface area (Å²) in [6, 6.07) is 22.3. The molecule has 6 heteroatoms. The van der Waals surface area contributed by atoms with Gasteiger partial charge in [0.1, 0.15) is 5.75 Å². The van der Waals surface area contributed by atoms with E-state index in [9.17, 15) is 9.59 Å². The molecule has 1 amide bonds. The smallest absolute Gasteiger partial charge is 0.411 e. The quantitative estimate of drug-likeness (QED) is 0.563. The minimum Gasteiger partial charge on any atom is -0.496 e. The second-order valence-corrected chi connectivity index (χ2v) is 6.67. The topological polar surface area (TPSA) is 84.9 Å². The third kappa shape index (κ3) is 5.85. The first-order valence-corrected chi connectivity index (χ1v) is 9.52. The summed E-state index contributed by atoms with van der Waals surface area (Å²) in [5.74, 6) is -0.166. The number of carbonyl (C=O) groups excluding carboxylic acids is 1. The number of anilines is 1. The fourth-order valence-electron chi connectivity index (χ4n) is 3.12. The molecule has 0 aliphatic heterocycles. The summed E-state index contributed by atoms with van der Waals surface area (Å²) in [5.41, 5.74) is 4.15. The van der Waals surface area contributed by atoms with Crippen LogP contribution in [0.25, 0.3) is 11.1 Å². The van der Waals surface area contributed by atoms with Crippen molar-refractivity contribution in [1.29, 1.82) is 0 Å².